The molecule has 0 amide bonds. The van der Waals surface area contributed by atoms with Crippen LogP contribution in [0.3, 0.4) is 0 Å². The molecule has 0 unspecified atom stereocenters. The first-order chi connectivity index (χ1) is 26.6. The summed E-state index contributed by atoms with van der Waals surface area (Å²) in [6.07, 6.45) is 14.1. The van der Waals surface area contributed by atoms with E-state index in [-0.39, 0.29) is 0 Å². The maximum atomic E-state index is 4.39. The summed E-state index contributed by atoms with van der Waals surface area (Å²) in [4.78, 5) is 4.39. The monoisotopic (exact) mass is 696 g/mol. The molecule has 1 N–H and O–H groups in total. The van der Waals surface area contributed by atoms with Gasteiger partial charge in [0.2, 0.25) is 0 Å². The van der Waals surface area contributed by atoms with Crippen molar-refractivity contribution < 1.29 is 0 Å². The van der Waals surface area contributed by atoms with E-state index >= 15 is 0 Å². The van der Waals surface area contributed by atoms with Crippen LogP contribution in [0.4, 0.5) is 11.4 Å². The molecule has 0 saturated carbocycles. The van der Waals surface area contributed by atoms with Gasteiger partial charge in [-0.05, 0) is 117 Å². The second-order valence-corrected chi connectivity index (χ2v) is 12.9. The van der Waals surface area contributed by atoms with E-state index < -0.39 is 0 Å². The van der Waals surface area contributed by atoms with Crippen molar-refractivity contribution in [1.82, 2.24) is 0 Å². The fourth-order valence-corrected chi connectivity index (χ4v) is 6.94. The molecule has 0 spiro atoms. The van der Waals surface area contributed by atoms with Crippen LogP contribution in [0, 0.1) is 19.8 Å². The van der Waals surface area contributed by atoms with Crippen molar-refractivity contribution in [2.24, 2.45) is 4.99 Å². The molecular formula is C52H44N2. The fraction of sp³-hybridized carbons (Fsp3) is 0.0577. The predicted octanol–water partition coefficient (Wildman–Crippen LogP) is 14.6. The first kappa shape index (κ1) is 36.8. The molecule has 0 aliphatic heterocycles. The van der Waals surface area contributed by atoms with Gasteiger partial charge in [-0.2, -0.15) is 0 Å². The molecule has 8 rings (SSSR count). The zero-order valence-electron chi connectivity index (χ0n) is 31.1. The number of benzene rings is 8. The zero-order chi connectivity index (χ0) is 37.9. The number of allylic oxidation sites excluding steroid dienone is 3. The Morgan fingerprint density at radius 3 is 1.57 bits per heavy atom. The van der Waals surface area contributed by atoms with Gasteiger partial charge in [0, 0.05) is 5.70 Å². The molecule has 0 aromatic heterocycles. The lowest BCUT2D eigenvalue weighted by atomic mass is 9.85. The van der Waals surface area contributed by atoms with Crippen molar-refractivity contribution >= 4 is 50.4 Å². The third kappa shape index (κ3) is 7.92. The number of aliphatic imine (C=N–C) groups is 1. The van der Waals surface area contributed by atoms with E-state index in [1.165, 1.54) is 65.7 Å². The third-order valence-corrected chi connectivity index (χ3v) is 9.52. The summed E-state index contributed by atoms with van der Waals surface area (Å²) in [6.45, 7) is 10.0. The van der Waals surface area contributed by atoms with Crippen molar-refractivity contribution in [3.63, 3.8) is 0 Å². The summed E-state index contributed by atoms with van der Waals surface area (Å²) >= 11 is 0. The summed E-state index contributed by atoms with van der Waals surface area (Å²) in [7, 11) is 0. The quantitative estimate of drug-likeness (QED) is 0.0763. The molecule has 8 aromatic carbocycles. The van der Waals surface area contributed by atoms with E-state index in [1.807, 2.05) is 38.1 Å². The molecule has 2 heteroatoms. The van der Waals surface area contributed by atoms with Gasteiger partial charge in [0.1, 0.15) is 0 Å². The highest BCUT2D eigenvalue weighted by atomic mass is 14.9. The Morgan fingerprint density at radius 1 is 0.537 bits per heavy atom. The third-order valence-electron chi connectivity index (χ3n) is 9.52. The van der Waals surface area contributed by atoms with Crippen LogP contribution in [0.1, 0.15) is 19.4 Å². The van der Waals surface area contributed by atoms with Crippen molar-refractivity contribution in [3.8, 4) is 46.2 Å². The zero-order valence-corrected chi connectivity index (χ0v) is 31.1. The van der Waals surface area contributed by atoms with Gasteiger partial charge in [-0.25, -0.2) is 0 Å². The van der Waals surface area contributed by atoms with Gasteiger partial charge in [-0.1, -0.05) is 163 Å². The Hall–Kier alpha value is -6.95. The maximum absolute atomic E-state index is 4.39. The van der Waals surface area contributed by atoms with Gasteiger partial charge in [0.05, 0.1) is 11.4 Å². The number of rotatable bonds is 7. The highest BCUT2D eigenvalue weighted by Gasteiger charge is 2.17. The topological polar surface area (TPSA) is 24.4 Å². The van der Waals surface area contributed by atoms with E-state index in [4.69, 9.17) is 0 Å². The van der Waals surface area contributed by atoms with Gasteiger partial charge < -0.3 is 5.32 Å². The molecule has 0 bridgehead atoms. The van der Waals surface area contributed by atoms with Crippen molar-refractivity contribution in [1.29, 1.82) is 0 Å². The molecule has 0 atom stereocenters. The lowest BCUT2D eigenvalue weighted by Crippen LogP contribution is -1.97. The largest absolute Gasteiger partial charge is 0.354 e. The summed E-state index contributed by atoms with van der Waals surface area (Å²) in [5, 5.41) is 10.9. The molecular weight excluding hydrogens is 653 g/mol. The number of anilines is 1. The van der Waals surface area contributed by atoms with Crippen molar-refractivity contribution in [3.05, 3.63) is 193 Å². The van der Waals surface area contributed by atoms with Gasteiger partial charge in [0.25, 0.3) is 0 Å². The lowest BCUT2D eigenvalue weighted by Gasteiger charge is -2.19. The van der Waals surface area contributed by atoms with Crippen LogP contribution in [-0.2, 0) is 0 Å². The fourth-order valence-electron chi connectivity index (χ4n) is 6.94. The molecule has 0 saturated heterocycles. The number of aryl methyl sites for hydroxylation is 1. The number of nitrogens with one attached hydrogen (secondary N) is 1. The van der Waals surface area contributed by atoms with E-state index in [0.717, 1.165) is 22.6 Å². The molecule has 2 nitrogen and oxygen atoms in total. The first-order valence-electron chi connectivity index (χ1n) is 18.1. The minimum Gasteiger partial charge on any atom is -0.354 e. The smallest absolute Gasteiger partial charge is 0.0863 e. The molecule has 0 heterocycles. The van der Waals surface area contributed by atoms with Crippen LogP contribution in [0.25, 0.3) is 65.7 Å². The normalized spacial score (nSPS) is 11.1. The van der Waals surface area contributed by atoms with E-state index in [1.54, 1.807) is 0 Å². The average Bonchev–Trinajstić information content (AvgIpc) is 3.24. The van der Waals surface area contributed by atoms with E-state index in [2.05, 4.69) is 195 Å². The van der Waals surface area contributed by atoms with E-state index in [9.17, 15) is 0 Å². The molecule has 0 radical (unpaired) electrons. The summed E-state index contributed by atoms with van der Waals surface area (Å²) in [6, 6.07) is 58.3. The molecule has 54 heavy (non-hydrogen) atoms. The lowest BCUT2D eigenvalue weighted by molar-refractivity contribution is 1.41. The summed E-state index contributed by atoms with van der Waals surface area (Å²) in [5.41, 5.74) is 11.5. The van der Waals surface area contributed by atoms with Crippen LogP contribution in [0.2, 0.25) is 0 Å². The number of terminal acetylenes is 1. The Balaban J connectivity index is 0.000000278. The number of nitrogens with zero attached hydrogens (tertiary/aromatic N) is 1. The second kappa shape index (κ2) is 17.5. The highest BCUT2D eigenvalue weighted by molar-refractivity contribution is 6.21. The van der Waals surface area contributed by atoms with Crippen LogP contribution < -0.4 is 5.32 Å². The van der Waals surface area contributed by atoms with Crippen molar-refractivity contribution in [2.45, 2.75) is 20.8 Å². The van der Waals surface area contributed by atoms with Crippen LogP contribution in [0.5, 0.6) is 0 Å². The molecule has 0 fully saturated rings. The van der Waals surface area contributed by atoms with Crippen molar-refractivity contribution in [2.75, 3.05) is 5.32 Å². The number of fused-ring (bicyclic) bond motifs is 3. The Labute approximate surface area is 319 Å². The van der Waals surface area contributed by atoms with Gasteiger partial charge >= 0.3 is 0 Å². The minimum atomic E-state index is 0.822. The molecule has 0 aliphatic carbocycles. The number of hydrogen-bond donors (Lipinski definition) is 1. The van der Waals surface area contributed by atoms with Crippen LogP contribution in [-0.4, -0.2) is 6.72 Å². The summed E-state index contributed by atoms with van der Waals surface area (Å²) in [5.74, 6) is 0. The average molecular weight is 697 g/mol. The van der Waals surface area contributed by atoms with Crippen LogP contribution in [0.15, 0.2) is 193 Å². The van der Waals surface area contributed by atoms with Crippen LogP contribution >= 0.6 is 0 Å². The predicted molar refractivity (Wildman–Crippen MR) is 238 cm³/mol. The highest BCUT2D eigenvalue weighted by Crippen LogP contribution is 2.45. The Morgan fingerprint density at radius 2 is 1.02 bits per heavy atom. The maximum Gasteiger partial charge on any atom is 0.0863 e. The van der Waals surface area contributed by atoms with Gasteiger partial charge in [0.15, 0.2) is 0 Å². The summed E-state index contributed by atoms with van der Waals surface area (Å²) < 4.78 is 0. The molecule has 8 aromatic rings. The van der Waals surface area contributed by atoms with Gasteiger partial charge in [-0.15, -0.1) is 12.8 Å². The van der Waals surface area contributed by atoms with E-state index in [0.29, 0.717) is 0 Å². The molecule has 262 valence electrons. The second-order valence-electron chi connectivity index (χ2n) is 12.9. The Bertz CT molecular complexity index is 2570. The number of hydrogen-bond acceptors (Lipinski definition) is 2. The standard InChI is InChI=1S/C37H30N2.C13H12.C2H2/c1-4-12-29(5-2)39-34-22-21-28(24-35(34)38-3)37-32-17-10-8-15-30(32)36(31-16-9-11-18-33(31)37)27-20-19-25-13-6-7-14-26(25)23-27;1-11-7-9-13(10-8-11)12-5-3-2-4-6-12;1-2/h4-24,39H,3H2,1-2H3;2-10H,1H3;1-2H/b12-4-,29-5+;;. The SMILES string of the molecule is C#C.C=Nc1cc(-c2c3ccccc3c(-c3ccc4ccccc4c3)c3ccccc23)ccc1NC(/C=C\C)=C/C.Cc1ccc(-c2ccccc2)cc1. The molecule has 0 aliphatic rings. The van der Waals surface area contributed by atoms with Gasteiger partial charge in [-0.3, -0.25) is 4.99 Å². The Kier molecular flexibility index (Phi) is 11.9. The first-order valence-corrected chi connectivity index (χ1v) is 18.1. The minimum absolute atomic E-state index is 0.822.